The van der Waals surface area contributed by atoms with Crippen LogP contribution in [0.3, 0.4) is 0 Å². The molecule has 0 saturated carbocycles. The zero-order valence-electron chi connectivity index (χ0n) is 11.4. The van der Waals surface area contributed by atoms with E-state index in [0.29, 0.717) is 6.54 Å². The summed E-state index contributed by atoms with van der Waals surface area (Å²) in [5, 5.41) is 0.738. The van der Waals surface area contributed by atoms with E-state index < -0.39 is 0 Å². The average molecular weight is 278 g/mol. The average Bonchev–Trinajstić information content (AvgIpc) is 2.92. The van der Waals surface area contributed by atoms with Gasteiger partial charge in [-0.1, -0.05) is 43.6 Å². The first-order chi connectivity index (χ1) is 9.18. The van der Waals surface area contributed by atoms with Crippen molar-refractivity contribution in [1.82, 2.24) is 9.55 Å². The Labute approximate surface area is 119 Å². The van der Waals surface area contributed by atoms with Gasteiger partial charge in [-0.15, -0.1) is 0 Å². The minimum Gasteiger partial charge on any atom is -0.328 e. The van der Waals surface area contributed by atoms with Gasteiger partial charge in [-0.2, -0.15) is 0 Å². The molecule has 0 spiro atoms. The maximum atomic E-state index is 6.29. The van der Waals surface area contributed by atoms with Gasteiger partial charge < -0.3 is 10.3 Å². The summed E-state index contributed by atoms with van der Waals surface area (Å²) in [7, 11) is 0. The Balaban J connectivity index is 2.57. The maximum absolute atomic E-state index is 6.29. The zero-order valence-corrected chi connectivity index (χ0v) is 12.2. The molecule has 0 radical (unpaired) electrons. The van der Waals surface area contributed by atoms with Crippen LogP contribution in [0.2, 0.25) is 5.02 Å². The van der Waals surface area contributed by atoms with Gasteiger partial charge in [-0.25, -0.2) is 4.98 Å². The fourth-order valence-corrected chi connectivity index (χ4v) is 2.75. The molecule has 2 rings (SSSR count). The van der Waals surface area contributed by atoms with Crippen LogP contribution in [0.15, 0.2) is 36.8 Å². The minimum absolute atomic E-state index is 0.0923. The van der Waals surface area contributed by atoms with Crippen molar-refractivity contribution in [2.24, 2.45) is 5.73 Å². The van der Waals surface area contributed by atoms with E-state index in [9.17, 15) is 0 Å². The van der Waals surface area contributed by atoms with E-state index in [1.807, 2.05) is 36.8 Å². The van der Waals surface area contributed by atoms with Crippen molar-refractivity contribution in [3.8, 4) is 11.3 Å². The van der Waals surface area contributed by atoms with Gasteiger partial charge in [0, 0.05) is 17.1 Å². The Morgan fingerprint density at radius 2 is 1.95 bits per heavy atom. The number of halogens is 1. The van der Waals surface area contributed by atoms with E-state index >= 15 is 0 Å². The van der Waals surface area contributed by atoms with Crippen LogP contribution in [0.4, 0.5) is 0 Å². The molecule has 1 aromatic carbocycles. The third kappa shape index (κ3) is 2.40. The third-order valence-electron chi connectivity index (χ3n) is 4.00. The number of nitrogens with zero attached hydrogens (tertiary/aromatic N) is 2. The Morgan fingerprint density at radius 1 is 1.26 bits per heavy atom. The molecule has 0 saturated heterocycles. The highest BCUT2D eigenvalue weighted by atomic mass is 35.5. The second kappa shape index (κ2) is 5.76. The molecule has 3 nitrogen and oxygen atoms in total. The lowest BCUT2D eigenvalue weighted by Gasteiger charge is -2.33. The molecule has 0 atom stereocenters. The molecule has 0 fully saturated rings. The molecule has 2 N–H and O–H groups in total. The van der Waals surface area contributed by atoms with Gasteiger partial charge >= 0.3 is 0 Å². The second-order valence-electron chi connectivity index (χ2n) is 4.76. The molecular weight excluding hydrogens is 258 g/mol. The van der Waals surface area contributed by atoms with E-state index in [2.05, 4.69) is 23.4 Å². The Hall–Kier alpha value is -1.32. The van der Waals surface area contributed by atoms with E-state index in [1.165, 1.54) is 0 Å². The smallest absolute Gasteiger partial charge is 0.0956 e. The molecule has 4 heteroatoms. The van der Waals surface area contributed by atoms with Crippen LogP contribution in [0.5, 0.6) is 0 Å². The summed E-state index contributed by atoms with van der Waals surface area (Å²) in [5.41, 5.74) is 7.96. The van der Waals surface area contributed by atoms with Gasteiger partial charge in [0.1, 0.15) is 0 Å². The van der Waals surface area contributed by atoms with Crippen molar-refractivity contribution >= 4 is 11.6 Å². The Bertz CT molecular complexity index is 536. The summed E-state index contributed by atoms with van der Waals surface area (Å²) in [5.74, 6) is 0. The standard InChI is InChI=1S/C15H20ClN3/c1-3-15(4-2,10-17)19-11-18-9-14(19)12-7-5-6-8-13(12)16/h5-9,11H,3-4,10,17H2,1-2H3. The fourth-order valence-electron chi connectivity index (χ4n) is 2.52. The van der Waals surface area contributed by atoms with Gasteiger partial charge in [-0.05, 0) is 18.9 Å². The first-order valence-electron chi connectivity index (χ1n) is 6.66. The van der Waals surface area contributed by atoms with Crippen molar-refractivity contribution in [3.63, 3.8) is 0 Å². The van der Waals surface area contributed by atoms with Crippen molar-refractivity contribution in [3.05, 3.63) is 41.8 Å². The number of rotatable bonds is 5. The van der Waals surface area contributed by atoms with Crippen LogP contribution in [0, 0.1) is 0 Å². The van der Waals surface area contributed by atoms with Gasteiger partial charge in [0.2, 0.25) is 0 Å². The van der Waals surface area contributed by atoms with Crippen LogP contribution >= 0.6 is 11.6 Å². The molecule has 0 aliphatic carbocycles. The predicted molar refractivity (Wildman–Crippen MR) is 80.3 cm³/mol. The van der Waals surface area contributed by atoms with Crippen LogP contribution in [0.25, 0.3) is 11.3 Å². The molecule has 0 bridgehead atoms. The van der Waals surface area contributed by atoms with E-state index in [4.69, 9.17) is 17.3 Å². The molecule has 19 heavy (non-hydrogen) atoms. The molecule has 0 aliphatic heterocycles. The summed E-state index contributed by atoms with van der Waals surface area (Å²) in [6, 6.07) is 7.83. The largest absolute Gasteiger partial charge is 0.328 e. The highest BCUT2D eigenvalue weighted by Gasteiger charge is 2.29. The van der Waals surface area contributed by atoms with Crippen molar-refractivity contribution < 1.29 is 0 Å². The SMILES string of the molecule is CCC(CC)(CN)n1cncc1-c1ccccc1Cl. The summed E-state index contributed by atoms with van der Waals surface area (Å²) in [6.07, 6.45) is 5.65. The second-order valence-corrected chi connectivity index (χ2v) is 5.17. The topological polar surface area (TPSA) is 43.8 Å². The normalized spacial score (nSPS) is 11.8. The third-order valence-corrected chi connectivity index (χ3v) is 4.33. The lowest BCUT2D eigenvalue weighted by atomic mass is 9.92. The fraction of sp³-hybridized carbons (Fsp3) is 0.400. The van der Waals surface area contributed by atoms with E-state index in [1.54, 1.807) is 0 Å². The summed E-state index contributed by atoms with van der Waals surface area (Å²) in [4.78, 5) is 4.30. The van der Waals surface area contributed by atoms with Crippen molar-refractivity contribution in [2.45, 2.75) is 32.2 Å². The zero-order chi connectivity index (χ0) is 13.9. The van der Waals surface area contributed by atoms with E-state index in [0.717, 1.165) is 29.1 Å². The Morgan fingerprint density at radius 3 is 2.53 bits per heavy atom. The molecular formula is C15H20ClN3. The van der Waals surface area contributed by atoms with Crippen molar-refractivity contribution in [2.75, 3.05) is 6.54 Å². The van der Waals surface area contributed by atoms with Gasteiger partial charge in [0.05, 0.1) is 23.8 Å². The van der Waals surface area contributed by atoms with Crippen LogP contribution < -0.4 is 5.73 Å². The molecule has 102 valence electrons. The van der Waals surface area contributed by atoms with Gasteiger partial charge in [0.25, 0.3) is 0 Å². The predicted octanol–water partition coefficient (Wildman–Crippen LogP) is 3.68. The summed E-state index contributed by atoms with van der Waals surface area (Å²) in [6.45, 7) is 4.91. The molecule has 1 aromatic heterocycles. The number of aromatic nitrogens is 2. The lowest BCUT2D eigenvalue weighted by molar-refractivity contribution is 0.274. The van der Waals surface area contributed by atoms with Gasteiger partial charge in [-0.3, -0.25) is 0 Å². The highest BCUT2D eigenvalue weighted by molar-refractivity contribution is 6.33. The first-order valence-corrected chi connectivity index (χ1v) is 7.04. The van der Waals surface area contributed by atoms with Crippen molar-refractivity contribution in [1.29, 1.82) is 0 Å². The number of imidazole rings is 1. The van der Waals surface area contributed by atoms with Gasteiger partial charge in [0.15, 0.2) is 0 Å². The molecule has 0 aliphatic rings. The summed E-state index contributed by atoms with van der Waals surface area (Å²) >= 11 is 6.29. The van der Waals surface area contributed by atoms with Crippen LogP contribution in [-0.2, 0) is 5.54 Å². The Kier molecular flexibility index (Phi) is 4.27. The first kappa shape index (κ1) is 14.1. The van der Waals surface area contributed by atoms with E-state index in [-0.39, 0.29) is 5.54 Å². The molecule has 0 unspecified atom stereocenters. The number of hydrogen-bond donors (Lipinski definition) is 1. The molecule has 0 amide bonds. The van der Waals surface area contributed by atoms with Crippen LogP contribution in [0.1, 0.15) is 26.7 Å². The monoisotopic (exact) mass is 277 g/mol. The lowest BCUT2D eigenvalue weighted by Crippen LogP contribution is -2.40. The minimum atomic E-state index is -0.0923. The molecule has 2 aromatic rings. The number of nitrogens with two attached hydrogens (primary N) is 1. The quantitative estimate of drug-likeness (QED) is 0.906. The van der Waals surface area contributed by atoms with Crippen LogP contribution in [-0.4, -0.2) is 16.1 Å². The molecule has 1 heterocycles. The maximum Gasteiger partial charge on any atom is 0.0956 e. The summed E-state index contributed by atoms with van der Waals surface area (Å²) < 4.78 is 2.17. The highest BCUT2D eigenvalue weighted by Crippen LogP contribution is 2.33. The number of hydrogen-bond acceptors (Lipinski definition) is 2. The number of benzene rings is 1.